The highest BCUT2D eigenvalue weighted by Crippen LogP contribution is 2.55. The van der Waals surface area contributed by atoms with Crippen molar-refractivity contribution in [3.8, 4) is 11.1 Å². The van der Waals surface area contributed by atoms with Gasteiger partial charge in [-0.2, -0.15) is 0 Å². The molecule has 3 heteroatoms. The first-order chi connectivity index (χ1) is 20.7. The normalized spacial score (nSPS) is 21.4. The van der Waals surface area contributed by atoms with Crippen molar-refractivity contribution >= 4 is 17.3 Å². The van der Waals surface area contributed by atoms with Crippen LogP contribution in [0.25, 0.3) is 22.8 Å². The molecule has 3 atom stereocenters. The summed E-state index contributed by atoms with van der Waals surface area (Å²) in [4.78, 5) is 2.79. The number of nitrogens with zero attached hydrogens (tertiary/aromatic N) is 1. The summed E-state index contributed by atoms with van der Waals surface area (Å²) in [7, 11) is 1.74. The summed E-state index contributed by atoms with van der Waals surface area (Å²) in [5.41, 5.74) is 13.6. The van der Waals surface area contributed by atoms with Gasteiger partial charge in [-0.1, -0.05) is 80.9 Å². The Hall–Kier alpha value is -3.56. The summed E-state index contributed by atoms with van der Waals surface area (Å²) in [5.74, 6) is 1.48. The van der Waals surface area contributed by atoms with Crippen LogP contribution in [0.4, 0.5) is 5.69 Å². The zero-order chi connectivity index (χ0) is 30.3. The van der Waals surface area contributed by atoms with E-state index in [1.54, 1.807) is 7.11 Å². The second kappa shape index (κ2) is 11.8. The molecule has 0 amide bonds. The third-order valence-corrected chi connectivity index (χ3v) is 9.80. The lowest BCUT2D eigenvalue weighted by atomic mass is 9.75. The fourth-order valence-corrected chi connectivity index (χ4v) is 7.67. The lowest BCUT2D eigenvalue weighted by Crippen LogP contribution is -2.53. The van der Waals surface area contributed by atoms with Crippen LogP contribution in [0.3, 0.4) is 0 Å². The molecule has 0 radical (unpaired) electrons. The van der Waals surface area contributed by atoms with Crippen LogP contribution in [0, 0.1) is 12.8 Å². The maximum atomic E-state index is 6.52. The highest BCUT2D eigenvalue weighted by atomic mass is 16.5. The topological polar surface area (TPSA) is 21.7 Å². The maximum absolute atomic E-state index is 6.52. The molecular formula is C40H47NO2. The van der Waals surface area contributed by atoms with Gasteiger partial charge in [-0.3, -0.25) is 0 Å². The summed E-state index contributed by atoms with van der Waals surface area (Å²) < 4.78 is 12.0. The van der Waals surface area contributed by atoms with E-state index in [9.17, 15) is 0 Å². The van der Waals surface area contributed by atoms with Gasteiger partial charge in [0.25, 0.3) is 0 Å². The van der Waals surface area contributed by atoms with Gasteiger partial charge in [0.15, 0.2) is 0 Å². The number of methoxy groups -OCH3 is 1. The molecule has 3 nitrogen and oxygen atoms in total. The molecule has 0 saturated carbocycles. The minimum atomic E-state index is -0.164. The van der Waals surface area contributed by atoms with Crippen molar-refractivity contribution in [1.29, 1.82) is 0 Å². The van der Waals surface area contributed by atoms with Crippen LogP contribution in [-0.4, -0.2) is 25.4 Å². The first kappa shape index (κ1) is 29.5. The predicted octanol–water partition coefficient (Wildman–Crippen LogP) is 10.1. The molecule has 0 aromatic heterocycles. The quantitative estimate of drug-likeness (QED) is 0.238. The molecule has 2 bridgehead atoms. The number of aryl methyl sites for hydroxylation is 2. The SMILES string of the molecule is CCC12CCc3cc(C)cc(c3C=C1CO/C(C)=C\C(C)OC)C1C=C(CC(C)C)c3cc(-c4ccccc4)ccc3N12. The maximum Gasteiger partial charge on any atom is 0.111 e. The van der Waals surface area contributed by atoms with Gasteiger partial charge >= 0.3 is 0 Å². The minimum absolute atomic E-state index is 0.0201. The van der Waals surface area contributed by atoms with Gasteiger partial charge in [-0.25, -0.2) is 0 Å². The number of rotatable bonds is 9. The number of benzene rings is 3. The molecule has 3 aliphatic rings. The molecule has 43 heavy (non-hydrogen) atoms. The van der Waals surface area contributed by atoms with Crippen molar-refractivity contribution in [2.75, 3.05) is 18.6 Å². The van der Waals surface area contributed by atoms with E-state index in [-0.39, 0.29) is 17.7 Å². The van der Waals surface area contributed by atoms with Crippen LogP contribution in [0.2, 0.25) is 0 Å². The van der Waals surface area contributed by atoms with Gasteiger partial charge < -0.3 is 14.4 Å². The number of hydrogen-bond donors (Lipinski definition) is 0. The van der Waals surface area contributed by atoms with Crippen LogP contribution in [0.1, 0.15) is 87.7 Å². The van der Waals surface area contributed by atoms with Crippen molar-refractivity contribution in [1.82, 2.24) is 0 Å². The van der Waals surface area contributed by atoms with E-state index >= 15 is 0 Å². The van der Waals surface area contributed by atoms with Crippen molar-refractivity contribution < 1.29 is 9.47 Å². The Morgan fingerprint density at radius 1 is 1.05 bits per heavy atom. The molecule has 3 aromatic carbocycles. The standard InChI is InChI=1S/C40H47NO2/c1-8-40-17-16-32-19-27(4)20-37(35(32)24-34(40)25-43-29(6)21-28(5)42-7)39-23-33(18-26(2)3)36-22-31(14-15-38(36)41(39)40)30-12-10-9-11-13-30/h9-15,19-24,26,28,39H,8,16-18,25H2,1-7H3/b29-21-. The summed E-state index contributed by atoms with van der Waals surface area (Å²) >= 11 is 0. The van der Waals surface area contributed by atoms with Gasteiger partial charge in [-0.15, -0.1) is 0 Å². The van der Waals surface area contributed by atoms with E-state index in [0.29, 0.717) is 12.5 Å². The molecule has 0 fully saturated rings. The average molecular weight is 574 g/mol. The first-order valence-corrected chi connectivity index (χ1v) is 16.1. The summed E-state index contributed by atoms with van der Waals surface area (Å²) in [6, 6.07) is 23.0. The number of fused-ring (bicyclic) bond motifs is 6. The third kappa shape index (κ3) is 5.38. The smallest absolute Gasteiger partial charge is 0.111 e. The van der Waals surface area contributed by atoms with Crippen molar-refractivity contribution in [3.05, 3.63) is 112 Å². The van der Waals surface area contributed by atoms with Gasteiger partial charge in [0.05, 0.1) is 23.4 Å². The molecule has 2 heterocycles. The molecule has 0 spiro atoms. The molecule has 2 aliphatic heterocycles. The fourth-order valence-electron chi connectivity index (χ4n) is 7.67. The van der Waals surface area contributed by atoms with Crippen LogP contribution in [0.5, 0.6) is 0 Å². The second-order valence-electron chi connectivity index (χ2n) is 13.2. The number of anilines is 1. The van der Waals surface area contributed by atoms with E-state index in [1.165, 1.54) is 55.8 Å². The molecule has 0 N–H and O–H groups in total. The van der Waals surface area contributed by atoms with Crippen molar-refractivity contribution in [3.63, 3.8) is 0 Å². The molecule has 3 unspecified atom stereocenters. The van der Waals surface area contributed by atoms with E-state index in [2.05, 4.69) is 111 Å². The van der Waals surface area contributed by atoms with E-state index < -0.39 is 0 Å². The lowest BCUT2D eigenvalue weighted by molar-refractivity contribution is 0.147. The summed E-state index contributed by atoms with van der Waals surface area (Å²) in [6.07, 6.45) is 11.4. The zero-order valence-electron chi connectivity index (χ0n) is 27.0. The number of hydrogen-bond acceptors (Lipinski definition) is 3. The van der Waals surface area contributed by atoms with Crippen molar-refractivity contribution in [2.45, 2.75) is 84.9 Å². The predicted molar refractivity (Wildman–Crippen MR) is 181 cm³/mol. The van der Waals surface area contributed by atoms with E-state index in [4.69, 9.17) is 9.47 Å². The summed E-state index contributed by atoms with van der Waals surface area (Å²) in [5, 5.41) is 0. The Morgan fingerprint density at radius 2 is 1.84 bits per heavy atom. The molecule has 224 valence electrons. The fraction of sp³-hybridized carbons (Fsp3) is 0.400. The Balaban J connectivity index is 1.56. The van der Waals surface area contributed by atoms with Crippen LogP contribution in [0.15, 0.2) is 84.1 Å². The molecule has 1 aliphatic carbocycles. The zero-order valence-corrected chi connectivity index (χ0v) is 27.0. The monoisotopic (exact) mass is 573 g/mol. The average Bonchev–Trinajstić information content (AvgIpc) is 3.23. The Morgan fingerprint density at radius 3 is 2.56 bits per heavy atom. The van der Waals surface area contributed by atoms with E-state index in [0.717, 1.165) is 31.4 Å². The van der Waals surface area contributed by atoms with Crippen molar-refractivity contribution in [2.24, 2.45) is 5.92 Å². The van der Waals surface area contributed by atoms with Crippen LogP contribution < -0.4 is 4.90 Å². The Labute approximate surface area is 258 Å². The van der Waals surface area contributed by atoms with Gasteiger partial charge in [0.2, 0.25) is 0 Å². The molecule has 6 rings (SSSR count). The van der Waals surface area contributed by atoms with Crippen LogP contribution in [-0.2, 0) is 15.9 Å². The third-order valence-electron chi connectivity index (χ3n) is 9.80. The summed E-state index contributed by atoms with van der Waals surface area (Å²) in [6.45, 7) is 14.0. The highest BCUT2D eigenvalue weighted by Gasteiger charge is 2.48. The highest BCUT2D eigenvalue weighted by molar-refractivity contribution is 5.88. The second-order valence-corrected chi connectivity index (χ2v) is 13.2. The van der Waals surface area contributed by atoms with E-state index in [1.807, 2.05) is 13.8 Å². The largest absolute Gasteiger partial charge is 0.494 e. The Kier molecular flexibility index (Phi) is 8.13. The first-order valence-electron chi connectivity index (χ1n) is 16.1. The van der Waals surface area contributed by atoms with Gasteiger partial charge in [-0.05, 0) is 116 Å². The van der Waals surface area contributed by atoms with Gasteiger partial charge in [0, 0.05) is 18.4 Å². The minimum Gasteiger partial charge on any atom is -0.494 e. The number of allylic oxidation sites excluding steroid dienone is 2. The lowest BCUT2D eigenvalue weighted by Gasteiger charge is -2.52. The van der Waals surface area contributed by atoms with Gasteiger partial charge in [0.1, 0.15) is 6.61 Å². The number of ether oxygens (including phenoxy) is 2. The molecule has 3 aromatic rings. The molecular weight excluding hydrogens is 526 g/mol. The van der Waals surface area contributed by atoms with Crippen LogP contribution >= 0.6 is 0 Å². The Bertz CT molecular complexity index is 1590. The molecule has 0 saturated heterocycles.